The van der Waals surface area contributed by atoms with Crippen LogP contribution in [0.3, 0.4) is 0 Å². The average Bonchev–Trinajstić information content (AvgIpc) is 2.21. The highest BCUT2D eigenvalue weighted by Gasteiger charge is 1.92. The van der Waals surface area contributed by atoms with Crippen molar-refractivity contribution in [3.63, 3.8) is 0 Å². The van der Waals surface area contributed by atoms with E-state index in [9.17, 15) is 0 Å². The summed E-state index contributed by atoms with van der Waals surface area (Å²) in [6.07, 6.45) is 1.76. The maximum Gasteiger partial charge on any atom is 0.0716 e. The van der Waals surface area contributed by atoms with E-state index in [1.807, 2.05) is 0 Å². The molecule has 0 aliphatic rings. The molecular weight excluding hydrogens is 176 g/mol. The normalized spacial score (nSPS) is 10.4. The van der Waals surface area contributed by atoms with E-state index in [4.69, 9.17) is 9.84 Å². The number of unbranched alkanes of at least 4 members (excludes halogenated alkanes) is 1. The molecule has 0 bridgehead atoms. The Bertz CT molecular complexity index is 241. The summed E-state index contributed by atoms with van der Waals surface area (Å²) in [5.41, 5.74) is 2.48. The van der Waals surface area contributed by atoms with E-state index in [0.29, 0.717) is 6.61 Å². The van der Waals surface area contributed by atoms with Crippen LogP contribution in [-0.2, 0) is 11.3 Å². The third kappa shape index (κ3) is 4.40. The van der Waals surface area contributed by atoms with Gasteiger partial charge in [-0.05, 0) is 25.3 Å². The van der Waals surface area contributed by atoms with Gasteiger partial charge in [-0.15, -0.1) is 0 Å². The second-order valence-corrected chi connectivity index (χ2v) is 3.47. The first-order valence-electron chi connectivity index (χ1n) is 5.07. The number of aliphatic hydroxyl groups is 1. The van der Waals surface area contributed by atoms with E-state index in [-0.39, 0.29) is 6.61 Å². The number of ether oxygens (including phenoxy) is 1. The zero-order valence-corrected chi connectivity index (χ0v) is 8.70. The Labute approximate surface area is 85.5 Å². The predicted molar refractivity (Wildman–Crippen MR) is 57.2 cm³/mol. The van der Waals surface area contributed by atoms with E-state index in [2.05, 4.69) is 31.2 Å². The molecular formula is C12H18O2. The van der Waals surface area contributed by atoms with Crippen molar-refractivity contribution >= 4 is 0 Å². The van der Waals surface area contributed by atoms with Crippen molar-refractivity contribution in [2.45, 2.75) is 26.4 Å². The van der Waals surface area contributed by atoms with Crippen molar-refractivity contribution in [2.75, 3.05) is 13.2 Å². The smallest absolute Gasteiger partial charge is 0.0716 e. The van der Waals surface area contributed by atoms with Gasteiger partial charge in [0, 0.05) is 13.2 Å². The molecule has 0 fully saturated rings. The van der Waals surface area contributed by atoms with Crippen LogP contribution in [0.25, 0.3) is 0 Å². The van der Waals surface area contributed by atoms with Crippen LogP contribution in [0.15, 0.2) is 24.3 Å². The first-order valence-corrected chi connectivity index (χ1v) is 5.07. The lowest BCUT2D eigenvalue weighted by molar-refractivity contribution is 0.112. The molecule has 0 saturated heterocycles. The fraction of sp³-hybridized carbons (Fsp3) is 0.500. The van der Waals surface area contributed by atoms with Crippen LogP contribution < -0.4 is 0 Å². The molecule has 0 atom stereocenters. The van der Waals surface area contributed by atoms with E-state index in [1.54, 1.807) is 0 Å². The van der Waals surface area contributed by atoms with Gasteiger partial charge in [-0.2, -0.15) is 0 Å². The molecule has 0 spiro atoms. The highest BCUT2D eigenvalue weighted by Crippen LogP contribution is 2.04. The van der Waals surface area contributed by atoms with Gasteiger partial charge < -0.3 is 9.84 Å². The maximum atomic E-state index is 8.56. The van der Waals surface area contributed by atoms with Crippen molar-refractivity contribution in [3.8, 4) is 0 Å². The minimum absolute atomic E-state index is 0.258. The third-order valence-electron chi connectivity index (χ3n) is 2.09. The topological polar surface area (TPSA) is 29.5 Å². The lowest BCUT2D eigenvalue weighted by atomic mass is 10.2. The lowest BCUT2D eigenvalue weighted by Gasteiger charge is -2.03. The molecule has 1 aromatic carbocycles. The molecule has 0 saturated carbocycles. The molecule has 0 aliphatic heterocycles. The predicted octanol–water partition coefficient (Wildman–Crippen LogP) is 2.28. The first-order chi connectivity index (χ1) is 6.83. The molecule has 2 heteroatoms. The van der Waals surface area contributed by atoms with Gasteiger partial charge in [-0.3, -0.25) is 0 Å². The molecule has 0 aliphatic carbocycles. The monoisotopic (exact) mass is 194 g/mol. The van der Waals surface area contributed by atoms with Crippen LogP contribution in [0.1, 0.15) is 24.0 Å². The second kappa shape index (κ2) is 6.57. The third-order valence-corrected chi connectivity index (χ3v) is 2.09. The minimum Gasteiger partial charge on any atom is -0.396 e. The van der Waals surface area contributed by atoms with Gasteiger partial charge in [-0.1, -0.05) is 29.8 Å². The summed E-state index contributed by atoms with van der Waals surface area (Å²) in [6, 6.07) is 8.35. The van der Waals surface area contributed by atoms with Crippen LogP contribution in [0, 0.1) is 6.92 Å². The zero-order chi connectivity index (χ0) is 10.2. The van der Waals surface area contributed by atoms with Gasteiger partial charge >= 0.3 is 0 Å². The molecule has 0 heterocycles. The molecule has 2 nitrogen and oxygen atoms in total. The van der Waals surface area contributed by atoms with Crippen LogP contribution in [-0.4, -0.2) is 18.3 Å². The molecule has 0 amide bonds. The molecule has 0 unspecified atom stereocenters. The van der Waals surface area contributed by atoms with Crippen molar-refractivity contribution in [3.05, 3.63) is 35.4 Å². The summed E-state index contributed by atoms with van der Waals surface area (Å²) in [4.78, 5) is 0. The Morgan fingerprint density at radius 3 is 2.50 bits per heavy atom. The van der Waals surface area contributed by atoms with Gasteiger partial charge in [0.25, 0.3) is 0 Å². The fourth-order valence-corrected chi connectivity index (χ4v) is 1.19. The van der Waals surface area contributed by atoms with Gasteiger partial charge in [0.1, 0.15) is 0 Å². The first kappa shape index (κ1) is 11.2. The van der Waals surface area contributed by atoms with E-state index in [1.165, 1.54) is 11.1 Å². The van der Waals surface area contributed by atoms with E-state index in [0.717, 1.165) is 19.4 Å². The van der Waals surface area contributed by atoms with E-state index < -0.39 is 0 Å². The van der Waals surface area contributed by atoms with Gasteiger partial charge in [0.2, 0.25) is 0 Å². The average molecular weight is 194 g/mol. The standard InChI is InChI=1S/C12H18O2/c1-11-4-6-12(7-5-11)10-14-9-3-2-8-13/h4-7,13H,2-3,8-10H2,1H3. The second-order valence-electron chi connectivity index (χ2n) is 3.47. The maximum absolute atomic E-state index is 8.56. The highest BCUT2D eigenvalue weighted by atomic mass is 16.5. The summed E-state index contributed by atoms with van der Waals surface area (Å²) in [6.45, 7) is 3.74. The molecule has 1 aromatic rings. The highest BCUT2D eigenvalue weighted by molar-refractivity contribution is 5.20. The lowest BCUT2D eigenvalue weighted by Crippen LogP contribution is -1.96. The Kier molecular flexibility index (Phi) is 5.27. The number of hydrogen-bond donors (Lipinski definition) is 1. The number of rotatable bonds is 6. The molecule has 0 radical (unpaired) electrons. The van der Waals surface area contributed by atoms with Gasteiger partial charge in [-0.25, -0.2) is 0 Å². The zero-order valence-electron chi connectivity index (χ0n) is 8.70. The van der Waals surface area contributed by atoms with Crippen molar-refractivity contribution < 1.29 is 9.84 Å². The van der Waals surface area contributed by atoms with Crippen molar-refractivity contribution in [1.82, 2.24) is 0 Å². The van der Waals surface area contributed by atoms with Gasteiger partial charge in [0.15, 0.2) is 0 Å². The summed E-state index contributed by atoms with van der Waals surface area (Å²) < 4.78 is 5.45. The van der Waals surface area contributed by atoms with Crippen molar-refractivity contribution in [1.29, 1.82) is 0 Å². The Morgan fingerprint density at radius 2 is 1.86 bits per heavy atom. The molecule has 14 heavy (non-hydrogen) atoms. The SMILES string of the molecule is Cc1ccc(COCCCCO)cc1. The van der Waals surface area contributed by atoms with Crippen LogP contribution in [0.5, 0.6) is 0 Å². The van der Waals surface area contributed by atoms with Gasteiger partial charge in [0.05, 0.1) is 6.61 Å². The van der Waals surface area contributed by atoms with Crippen LogP contribution >= 0.6 is 0 Å². The Balaban J connectivity index is 2.15. The fourth-order valence-electron chi connectivity index (χ4n) is 1.19. The molecule has 1 N–H and O–H groups in total. The summed E-state index contributed by atoms with van der Waals surface area (Å²) in [5, 5.41) is 8.56. The Morgan fingerprint density at radius 1 is 1.14 bits per heavy atom. The summed E-state index contributed by atoms with van der Waals surface area (Å²) in [7, 11) is 0. The summed E-state index contributed by atoms with van der Waals surface area (Å²) in [5.74, 6) is 0. The minimum atomic E-state index is 0.258. The summed E-state index contributed by atoms with van der Waals surface area (Å²) >= 11 is 0. The number of hydrogen-bond acceptors (Lipinski definition) is 2. The number of aryl methyl sites for hydroxylation is 1. The largest absolute Gasteiger partial charge is 0.396 e. The number of aliphatic hydroxyl groups excluding tert-OH is 1. The molecule has 0 aromatic heterocycles. The molecule has 1 rings (SSSR count). The van der Waals surface area contributed by atoms with Crippen LogP contribution in [0.4, 0.5) is 0 Å². The quantitative estimate of drug-likeness (QED) is 0.704. The molecule has 78 valence electrons. The van der Waals surface area contributed by atoms with Crippen molar-refractivity contribution in [2.24, 2.45) is 0 Å². The Hall–Kier alpha value is -0.860. The number of benzene rings is 1. The van der Waals surface area contributed by atoms with E-state index >= 15 is 0 Å². The van der Waals surface area contributed by atoms with Crippen LogP contribution in [0.2, 0.25) is 0 Å².